The van der Waals surface area contributed by atoms with Crippen LogP contribution in [-0.2, 0) is 9.59 Å². The van der Waals surface area contributed by atoms with Gasteiger partial charge in [0.25, 0.3) is 0 Å². The Hall–Kier alpha value is -1.22. The van der Waals surface area contributed by atoms with Crippen LogP contribution in [0.2, 0.25) is 0 Å². The van der Waals surface area contributed by atoms with E-state index in [0.717, 1.165) is 12.0 Å². The maximum atomic E-state index is 13.0. The van der Waals surface area contributed by atoms with Gasteiger partial charge in [0.05, 0.1) is 11.0 Å². The monoisotopic (exact) mass is 316 g/mol. The second-order valence-electron chi connectivity index (χ2n) is 8.78. The number of carbonyl (C=O) groups is 2. The van der Waals surface area contributed by atoms with Gasteiger partial charge in [0, 0.05) is 12.3 Å². The van der Waals surface area contributed by atoms with Crippen molar-refractivity contribution in [2.45, 2.75) is 59.5 Å². The number of allylic oxidation sites excluding steroid dienone is 3. The summed E-state index contributed by atoms with van der Waals surface area (Å²) in [5.74, 6) is 0.492. The number of hydrogen-bond acceptors (Lipinski definition) is 3. The molecule has 126 valence electrons. The molecule has 1 saturated carbocycles. The standard InChI is InChI=1S/C20H28O3/c1-12(2)13-10-15(21)20(5)16(22)11-18(3)8-9-19(4,23)7-6-14(18)17(13)20/h8-10,12,14,17,23H,6-7,11H2,1-5H3. The molecule has 3 heteroatoms. The molecule has 0 saturated heterocycles. The van der Waals surface area contributed by atoms with Crippen LogP contribution in [0.5, 0.6) is 0 Å². The number of ketones is 2. The van der Waals surface area contributed by atoms with Gasteiger partial charge < -0.3 is 5.11 Å². The molecule has 5 unspecified atom stereocenters. The van der Waals surface area contributed by atoms with Crippen LogP contribution in [0.4, 0.5) is 0 Å². The van der Waals surface area contributed by atoms with Gasteiger partial charge in [-0.2, -0.15) is 0 Å². The van der Waals surface area contributed by atoms with E-state index >= 15 is 0 Å². The SMILES string of the molecule is CC(C)C1=CC(=O)C2(C)C(=O)CC3(C)C=CC(C)(O)CCC3C12. The summed E-state index contributed by atoms with van der Waals surface area (Å²) in [7, 11) is 0. The highest BCUT2D eigenvalue weighted by Crippen LogP contribution is 2.60. The largest absolute Gasteiger partial charge is 0.386 e. The van der Waals surface area contributed by atoms with Crippen LogP contribution in [0.25, 0.3) is 0 Å². The first-order chi connectivity index (χ1) is 10.5. The fraction of sp³-hybridized carbons (Fsp3) is 0.700. The van der Waals surface area contributed by atoms with Crippen LogP contribution in [0.3, 0.4) is 0 Å². The number of fused-ring (bicyclic) bond motifs is 3. The molecule has 0 amide bonds. The summed E-state index contributed by atoms with van der Waals surface area (Å²) in [5.41, 5.74) is -0.880. The second kappa shape index (κ2) is 4.89. The lowest BCUT2D eigenvalue weighted by Crippen LogP contribution is -2.53. The van der Waals surface area contributed by atoms with Gasteiger partial charge in [-0.3, -0.25) is 9.59 Å². The Morgan fingerprint density at radius 2 is 1.83 bits per heavy atom. The number of aliphatic hydroxyl groups is 1. The highest BCUT2D eigenvalue weighted by atomic mass is 16.3. The average molecular weight is 316 g/mol. The molecule has 0 spiro atoms. The van der Waals surface area contributed by atoms with Gasteiger partial charge in [0.2, 0.25) is 0 Å². The molecule has 0 aromatic heterocycles. The van der Waals surface area contributed by atoms with Crippen LogP contribution in [-0.4, -0.2) is 22.3 Å². The molecular weight excluding hydrogens is 288 g/mol. The Bertz CT molecular complexity index is 625. The number of Topliss-reactive ketones (excluding diaryl/α,β-unsaturated/α-hetero) is 1. The van der Waals surface area contributed by atoms with E-state index in [9.17, 15) is 14.7 Å². The Kier molecular flexibility index (Phi) is 3.54. The summed E-state index contributed by atoms with van der Waals surface area (Å²) >= 11 is 0. The molecule has 0 bridgehead atoms. The van der Waals surface area contributed by atoms with E-state index in [2.05, 4.69) is 20.8 Å². The highest BCUT2D eigenvalue weighted by molar-refractivity contribution is 6.15. The van der Waals surface area contributed by atoms with Crippen molar-refractivity contribution >= 4 is 11.6 Å². The summed E-state index contributed by atoms with van der Waals surface area (Å²) in [6.45, 7) is 9.99. The lowest BCUT2D eigenvalue weighted by atomic mass is 9.51. The molecule has 0 radical (unpaired) electrons. The van der Waals surface area contributed by atoms with E-state index in [1.54, 1.807) is 6.08 Å². The Morgan fingerprint density at radius 1 is 1.17 bits per heavy atom. The van der Waals surface area contributed by atoms with Gasteiger partial charge in [-0.05, 0) is 50.0 Å². The first-order valence-electron chi connectivity index (χ1n) is 8.73. The molecule has 0 heterocycles. The van der Waals surface area contributed by atoms with Gasteiger partial charge in [0.1, 0.15) is 5.78 Å². The zero-order valence-corrected chi connectivity index (χ0v) is 14.8. The maximum Gasteiger partial charge on any atom is 0.169 e. The van der Waals surface area contributed by atoms with Gasteiger partial charge in [-0.1, -0.05) is 38.5 Å². The summed E-state index contributed by atoms with van der Waals surface area (Å²) in [6, 6.07) is 0. The summed E-state index contributed by atoms with van der Waals surface area (Å²) in [5, 5.41) is 10.5. The minimum Gasteiger partial charge on any atom is -0.386 e. The minimum absolute atomic E-state index is 0.0155. The van der Waals surface area contributed by atoms with Crippen LogP contribution < -0.4 is 0 Å². The number of rotatable bonds is 1. The van der Waals surface area contributed by atoms with E-state index < -0.39 is 11.0 Å². The highest BCUT2D eigenvalue weighted by Gasteiger charge is 2.62. The molecule has 5 atom stereocenters. The zero-order chi connectivity index (χ0) is 17.2. The van der Waals surface area contributed by atoms with E-state index in [0.29, 0.717) is 12.8 Å². The number of carbonyl (C=O) groups excluding carboxylic acids is 2. The van der Waals surface area contributed by atoms with Gasteiger partial charge in [0.15, 0.2) is 5.78 Å². The van der Waals surface area contributed by atoms with Gasteiger partial charge in [-0.15, -0.1) is 0 Å². The summed E-state index contributed by atoms with van der Waals surface area (Å²) < 4.78 is 0. The molecule has 0 aromatic rings. The third kappa shape index (κ3) is 2.27. The Morgan fingerprint density at radius 3 is 2.43 bits per heavy atom. The van der Waals surface area contributed by atoms with Crippen molar-refractivity contribution in [1.29, 1.82) is 0 Å². The van der Waals surface area contributed by atoms with Gasteiger partial charge in [-0.25, -0.2) is 0 Å². The normalized spacial score (nSPS) is 46.5. The van der Waals surface area contributed by atoms with Crippen molar-refractivity contribution in [3.8, 4) is 0 Å². The maximum absolute atomic E-state index is 13.0. The molecule has 0 aromatic carbocycles. The van der Waals surface area contributed by atoms with Crippen LogP contribution in [0.1, 0.15) is 53.9 Å². The van der Waals surface area contributed by atoms with Crippen molar-refractivity contribution in [3.63, 3.8) is 0 Å². The molecular formula is C20H28O3. The minimum atomic E-state index is -0.895. The summed E-state index contributed by atoms with van der Waals surface area (Å²) in [6.07, 6.45) is 7.54. The molecule has 3 aliphatic carbocycles. The predicted molar refractivity (Wildman–Crippen MR) is 89.7 cm³/mol. The Labute approximate surface area is 138 Å². The molecule has 1 fully saturated rings. The van der Waals surface area contributed by atoms with Crippen LogP contribution in [0, 0.1) is 28.6 Å². The molecule has 1 N–H and O–H groups in total. The molecule has 23 heavy (non-hydrogen) atoms. The lowest BCUT2D eigenvalue weighted by molar-refractivity contribution is -0.148. The quantitative estimate of drug-likeness (QED) is 0.595. The van der Waals surface area contributed by atoms with E-state index in [1.807, 2.05) is 26.0 Å². The smallest absolute Gasteiger partial charge is 0.169 e. The van der Waals surface area contributed by atoms with Crippen molar-refractivity contribution in [2.24, 2.45) is 28.6 Å². The van der Waals surface area contributed by atoms with E-state index in [1.165, 1.54) is 0 Å². The topological polar surface area (TPSA) is 54.4 Å². The third-order valence-electron chi connectivity index (χ3n) is 6.61. The van der Waals surface area contributed by atoms with Crippen molar-refractivity contribution < 1.29 is 14.7 Å². The first kappa shape index (κ1) is 16.6. The average Bonchev–Trinajstić information content (AvgIpc) is 2.64. The van der Waals surface area contributed by atoms with Crippen LogP contribution in [0.15, 0.2) is 23.8 Å². The van der Waals surface area contributed by atoms with E-state index in [-0.39, 0.29) is 34.7 Å². The van der Waals surface area contributed by atoms with E-state index in [4.69, 9.17) is 0 Å². The fourth-order valence-electron chi connectivity index (χ4n) is 4.97. The predicted octanol–water partition coefficient (Wildman–Crippen LogP) is 3.47. The molecule has 3 nitrogen and oxygen atoms in total. The fourth-order valence-corrected chi connectivity index (χ4v) is 4.97. The van der Waals surface area contributed by atoms with Crippen molar-refractivity contribution in [1.82, 2.24) is 0 Å². The van der Waals surface area contributed by atoms with Gasteiger partial charge >= 0.3 is 0 Å². The zero-order valence-electron chi connectivity index (χ0n) is 14.8. The first-order valence-corrected chi connectivity index (χ1v) is 8.73. The van der Waals surface area contributed by atoms with Crippen LogP contribution >= 0.6 is 0 Å². The third-order valence-corrected chi connectivity index (χ3v) is 6.61. The molecule has 3 rings (SSSR count). The second-order valence-corrected chi connectivity index (χ2v) is 8.78. The molecule has 0 aliphatic heterocycles. The lowest BCUT2D eigenvalue weighted by Gasteiger charge is -2.50. The Balaban J connectivity index is 2.13. The van der Waals surface area contributed by atoms with Crippen molar-refractivity contribution in [3.05, 3.63) is 23.8 Å². The molecule has 3 aliphatic rings. The summed E-state index contributed by atoms with van der Waals surface area (Å²) in [4.78, 5) is 25.6. The van der Waals surface area contributed by atoms with Crippen molar-refractivity contribution in [2.75, 3.05) is 0 Å². The number of hydrogen-bond donors (Lipinski definition) is 1.